The molecule has 0 aromatic heterocycles. The van der Waals surface area contributed by atoms with Crippen LogP contribution in [0, 0.1) is 0 Å². The van der Waals surface area contributed by atoms with Crippen LogP contribution in [-0.2, 0) is 0 Å². The smallest absolute Gasteiger partial charge is 0.0476 e. The Kier molecular flexibility index (Phi) is 1.62. The molecule has 0 amide bonds. The summed E-state index contributed by atoms with van der Waals surface area (Å²) in [6.07, 6.45) is 0. The predicted octanol–water partition coefficient (Wildman–Crippen LogP) is 2.87. The molecule has 1 saturated heterocycles. The van der Waals surface area contributed by atoms with Crippen LogP contribution in [0.5, 0.6) is 0 Å². The fourth-order valence-electron chi connectivity index (χ4n) is 2.01. The summed E-state index contributed by atoms with van der Waals surface area (Å²) >= 11 is 0. The molecular weight excluding hydrogens is 170 g/mol. The largest absolute Gasteiger partial charge is 0.304 e. The molecule has 1 fully saturated rings. The van der Waals surface area contributed by atoms with Gasteiger partial charge < -0.3 is 5.32 Å². The topological polar surface area (TPSA) is 21.9 Å². The predicted molar refractivity (Wildman–Crippen MR) is 59.3 cm³/mol. The van der Waals surface area contributed by atoms with Crippen molar-refractivity contribution >= 4 is 10.8 Å². The van der Waals surface area contributed by atoms with Crippen molar-refractivity contribution in [1.29, 1.82) is 0 Å². The molecule has 1 heteroatoms. The van der Waals surface area contributed by atoms with Gasteiger partial charge in [-0.15, -0.1) is 0 Å². The molecule has 2 atom stereocenters. The van der Waals surface area contributed by atoms with Crippen LogP contribution >= 0.6 is 0 Å². The Morgan fingerprint density at radius 1 is 1.00 bits per heavy atom. The van der Waals surface area contributed by atoms with Gasteiger partial charge in [-0.2, -0.15) is 0 Å². The molecule has 0 saturated carbocycles. The average molecular weight is 183 g/mol. The van der Waals surface area contributed by atoms with Crippen LogP contribution < -0.4 is 5.32 Å². The Balaban J connectivity index is 2.11. The Hall–Kier alpha value is -1.34. The third-order valence-corrected chi connectivity index (χ3v) is 2.97. The first kappa shape index (κ1) is 8.01. The van der Waals surface area contributed by atoms with Gasteiger partial charge in [0.2, 0.25) is 0 Å². The molecule has 1 aliphatic rings. The molecule has 0 radical (unpaired) electrons. The molecule has 2 unspecified atom stereocenters. The van der Waals surface area contributed by atoms with Crippen molar-refractivity contribution in [2.45, 2.75) is 19.0 Å². The Morgan fingerprint density at radius 3 is 2.43 bits per heavy atom. The lowest BCUT2D eigenvalue weighted by Crippen LogP contribution is -1.84. The quantitative estimate of drug-likeness (QED) is 0.675. The zero-order chi connectivity index (χ0) is 9.54. The van der Waals surface area contributed by atoms with Crippen molar-refractivity contribution in [3.05, 3.63) is 48.0 Å². The van der Waals surface area contributed by atoms with E-state index in [2.05, 4.69) is 54.7 Å². The van der Waals surface area contributed by atoms with Crippen LogP contribution in [0.15, 0.2) is 42.5 Å². The zero-order valence-corrected chi connectivity index (χ0v) is 8.20. The highest BCUT2D eigenvalue weighted by atomic mass is 15.1. The van der Waals surface area contributed by atoms with E-state index in [-0.39, 0.29) is 0 Å². The van der Waals surface area contributed by atoms with E-state index in [4.69, 9.17) is 0 Å². The van der Waals surface area contributed by atoms with Crippen molar-refractivity contribution < 1.29 is 0 Å². The molecule has 2 aromatic rings. The normalized spacial score (nSPS) is 25.2. The number of benzene rings is 2. The molecule has 1 N–H and O–H groups in total. The van der Waals surface area contributed by atoms with E-state index in [9.17, 15) is 0 Å². The highest BCUT2D eigenvalue weighted by Crippen LogP contribution is 2.30. The van der Waals surface area contributed by atoms with Crippen molar-refractivity contribution in [3.63, 3.8) is 0 Å². The lowest BCUT2D eigenvalue weighted by Gasteiger charge is -2.00. The minimum atomic E-state index is 0.583. The maximum atomic E-state index is 3.41. The van der Waals surface area contributed by atoms with E-state index in [0.717, 1.165) is 0 Å². The Labute approximate surface area is 83.8 Å². The second kappa shape index (κ2) is 2.82. The van der Waals surface area contributed by atoms with Crippen LogP contribution in [0.25, 0.3) is 10.8 Å². The van der Waals surface area contributed by atoms with Crippen LogP contribution in [0.3, 0.4) is 0 Å². The van der Waals surface area contributed by atoms with E-state index in [1.165, 1.54) is 16.3 Å². The van der Waals surface area contributed by atoms with Gasteiger partial charge in [-0.3, -0.25) is 0 Å². The van der Waals surface area contributed by atoms with E-state index < -0.39 is 0 Å². The van der Waals surface area contributed by atoms with Gasteiger partial charge in [-0.1, -0.05) is 36.4 Å². The number of hydrogen-bond donors (Lipinski definition) is 1. The summed E-state index contributed by atoms with van der Waals surface area (Å²) in [7, 11) is 0. The maximum Gasteiger partial charge on any atom is 0.0476 e. The first-order valence-electron chi connectivity index (χ1n) is 5.09. The van der Waals surface area contributed by atoms with Crippen LogP contribution in [0.4, 0.5) is 0 Å². The fourth-order valence-corrected chi connectivity index (χ4v) is 2.01. The average Bonchev–Trinajstić information content (AvgIpc) is 2.95. The van der Waals surface area contributed by atoms with Gasteiger partial charge in [0.05, 0.1) is 0 Å². The minimum absolute atomic E-state index is 0.583. The third kappa shape index (κ3) is 1.21. The molecule has 0 bridgehead atoms. The molecule has 14 heavy (non-hydrogen) atoms. The van der Waals surface area contributed by atoms with Gasteiger partial charge in [0.25, 0.3) is 0 Å². The molecular formula is C13H13N. The number of hydrogen-bond acceptors (Lipinski definition) is 1. The summed E-state index contributed by atoms with van der Waals surface area (Å²) in [5, 5.41) is 6.08. The van der Waals surface area contributed by atoms with Crippen LogP contribution in [-0.4, -0.2) is 6.04 Å². The summed E-state index contributed by atoms with van der Waals surface area (Å²) < 4.78 is 0. The summed E-state index contributed by atoms with van der Waals surface area (Å²) in [5.74, 6) is 0. The van der Waals surface area contributed by atoms with Crippen LogP contribution in [0.2, 0.25) is 0 Å². The maximum absolute atomic E-state index is 3.41. The lowest BCUT2D eigenvalue weighted by atomic mass is 10.0. The molecule has 70 valence electrons. The minimum Gasteiger partial charge on any atom is -0.304 e. The van der Waals surface area contributed by atoms with E-state index >= 15 is 0 Å². The summed E-state index contributed by atoms with van der Waals surface area (Å²) in [4.78, 5) is 0. The van der Waals surface area contributed by atoms with Gasteiger partial charge in [0.15, 0.2) is 0 Å². The molecule has 2 aromatic carbocycles. The third-order valence-electron chi connectivity index (χ3n) is 2.97. The van der Waals surface area contributed by atoms with E-state index in [1.54, 1.807) is 0 Å². The van der Waals surface area contributed by atoms with Gasteiger partial charge in [-0.05, 0) is 29.3 Å². The van der Waals surface area contributed by atoms with Crippen LogP contribution in [0.1, 0.15) is 18.5 Å². The Morgan fingerprint density at radius 2 is 1.71 bits per heavy atom. The number of rotatable bonds is 1. The van der Waals surface area contributed by atoms with Crippen molar-refractivity contribution in [2.24, 2.45) is 0 Å². The number of nitrogens with one attached hydrogen (secondary N) is 1. The second-order valence-electron chi connectivity index (χ2n) is 4.04. The van der Waals surface area contributed by atoms with Gasteiger partial charge in [0.1, 0.15) is 0 Å². The second-order valence-corrected chi connectivity index (χ2v) is 4.04. The van der Waals surface area contributed by atoms with Crippen molar-refractivity contribution in [1.82, 2.24) is 5.32 Å². The molecule has 1 nitrogen and oxygen atoms in total. The van der Waals surface area contributed by atoms with Gasteiger partial charge in [0, 0.05) is 12.1 Å². The van der Waals surface area contributed by atoms with Gasteiger partial charge in [-0.25, -0.2) is 0 Å². The van der Waals surface area contributed by atoms with Crippen molar-refractivity contribution in [2.75, 3.05) is 0 Å². The monoisotopic (exact) mass is 183 g/mol. The van der Waals surface area contributed by atoms with E-state index in [0.29, 0.717) is 12.1 Å². The van der Waals surface area contributed by atoms with Gasteiger partial charge >= 0.3 is 0 Å². The van der Waals surface area contributed by atoms with Crippen molar-refractivity contribution in [3.8, 4) is 0 Å². The van der Waals surface area contributed by atoms with E-state index in [1.807, 2.05) is 0 Å². The SMILES string of the molecule is CC1NC1c1ccc2ccccc2c1. The molecule has 1 aliphatic heterocycles. The highest BCUT2D eigenvalue weighted by Gasteiger charge is 2.32. The number of fused-ring (bicyclic) bond motifs is 1. The lowest BCUT2D eigenvalue weighted by molar-refractivity contribution is 1.04. The summed E-state index contributed by atoms with van der Waals surface area (Å²) in [5.41, 5.74) is 1.41. The fraction of sp³-hybridized carbons (Fsp3) is 0.231. The molecule has 3 rings (SSSR count). The molecule has 1 heterocycles. The summed E-state index contributed by atoms with van der Waals surface area (Å²) in [6, 6.07) is 16.5. The standard InChI is InChI=1S/C13H13N/c1-9-13(14-9)12-7-6-10-4-2-3-5-11(10)8-12/h2-9,13-14H,1H3. The Bertz CT molecular complexity index is 475. The zero-order valence-electron chi connectivity index (χ0n) is 8.20. The summed E-state index contributed by atoms with van der Waals surface area (Å²) in [6.45, 7) is 2.22. The first-order valence-corrected chi connectivity index (χ1v) is 5.09. The first-order chi connectivity index (χ1) is 6.84. The molecule has 0 spiro atoms. The molecule has 0 aliphatic carbocycles. The highest BCUT2D eigenvalue weighted by molar-refractivity contribution is 5.83.